The van der Waals surface area contributed by atoms with E-state index in [4.69, 9.17) is 9.47 Å². The van der Waals surface area contributed by atoms with Crippen molar-refractivity contribution in [1.82, 2.24) is 14.9 Å². The lowest BCUT2D eigenvalue weighted by Crippen LogP contribution is -2.47. The van der Waals surface area contributed by atoms with E-state index in [9.17, 15) is 14.5 Å². The zero-order chi connectivity index (χ0) is 25.5. The summed E-state index contributed by atoms with van der Waals surface area (Å²) in [6.45, 7) is 3.42. The van der Waals surface area contributed by atoms with E-state index in [1.54, 1.807) is 19.4 Å². The molecule has 190 valence electrons. The Labute approximate surface area is 208 Å². The molecule has 1 aliphatic heterocycles. The number of aromatic nitrogens is 2. The molecule has 2 heterocycles. The van der Waals surface area contributed by atoms with Gasteiger partial charge in [0.05, 0.1) is 30.5 Å². The summed E-state index contributed by atoms with van der Waals surface area (Å²) >= 11 is 0. The van der Waals surface area contributed by atoms with Crippen molar-refractivity contribution in [1.29, 1.82) is 0 Å². The average Bonchev–Trinajstić information content (AvgIpc) is 2.90. The maximum atomic E-state index is 12.6. The van der Waals surface area contributed by atoms with Crippen molar-refractivity contribution in [3.63, 3.8) is 0 Å². The van der Waals surface area contributed by atoms with Gasteiger partial charge in [0.15, 0.2) is 0 Å². The molecule has 4 rings (SSSR count). The second-order valence-electron chi connectivity index (χ2n) is 8.06. The van der Waals surface area contributed by atoms with Crippen LogP contribution in [0.4, 0.5) is 38.9 Å². The van der Waals surface area contributed by atoms with E-state index in [1.807, 2.05) is 18.2 Å². The van der Waals surface area contributed by atoms with Crippen LogP contribution in [0.2, 0.25) is 0 Å². The van der Waals surface area contributed by atoms with Crippen molar-refractivity contribution in [2.24, 2.45) is 0 Å². The third kappa shape index (κ3) is 5.89. The van der Waals surface area contributed by atoms with Crippen molar-refractivity contribution in [2.75, 3.05) is 69.2 Å². The zero-order valence-corrected chi connectivity index (χ0v) is 20.1. The van der Waals surface area contributed by atoms with Crippen LogP contribution < -0.4 is 25.0 Å². The molecule has 3 aromatic rings. The molecule has 0 saturated carbocycles. The fraction of sp³-hybridized carbons (Fsp3) is 0.333. The lowest BCUT2D eigenvalue weighted by Gasteiger charge is -2.35. The number of rotatable bonds is 10. The minimum Gasteiger partial charge on any atom is -0.495 e. The second-order valence-corrected chi connectivity index (χ2v) is 8.06. The number of benzene rings is 2. The van der Waals surface area contributed by atoms with Crippen LogP contribution in [0.25, 0.3) is 0 Å². The van der Waals surface area contributed by atoms with Crippen LogP contribution in [0.1, 0.15) is 0 Å². The fourth-order valence-electron chi connectivity index (χ4n) is 3.98. The SMILES string of the molecule is COc1cc(N2CCN(CCF)CC2)ccc1Nc1ccnc(Nc2cc([N+](=O)[O-])ccc2OC)n1. The van der Waals surface area contributed by atoms with Gasteiger partial charge in [0, 0.05) is 62.8 Å². The van der Waals surface area contributed by atoms with Crippen molar-refractivity contribution in [3.8, 4) is 11.5 Å². The number of nitrogens with zero attached hydrogens (tertiary/aromatic N) is 5. The Morgan fingerprint density at radius 3 is 2.47 bits per heavy atom. The summed E-state index contributed by atoms with van der Waals surface area (Å²) in [6, 6.07) is 11.8. The Morgan fingerprint density at radius 1 is 1.00 bits per heavy atom. The van der Waals surface area contributed by atoms with Gasteiger partial charge in [0.1, 0.15) is 24.0 Å². The molecule has 0 amide bonds. The maximum Gasteiger partial charge on any atom is 0.271 e. The number of ether oxygens (including phenoxy) is 2. The van der Waals surface area contributed by atoms with E-state index >= 15 is 0 Å². The molecular formula is C24H28FN7O4. The van der Waals surface area contributed by atoms with Crippen LogP contribution in [0, 0.1) is 10.1 Å². The lowest BCUT2D eigenvalue weighted by molar-refractivity contribution is -0.384. The summed E-state index contributed by atoms with van der Waals surface area (Å²) in [6.07, 6.45) is 1.57. The van der Waals surface area contributed by atoms with Gasteiger partial charge in [-0.25, -0.2) is 9.37 Å². The summed E-state index contributed by atoms with van der Waals surface area (Å²) in [5.41, 5.74) is 2.04. The van der Waals surface area contributed by atoms with Crippen molar-refractivity contribution in [2.45, 2.75) is 0 Å². The molecular weight excluding hydrogens is 469 g/mol. The summed E-state index contributed by atoms with van der Waals surface area (Å²) in [5, 5.41) is 17.4. The number of anilines is 5. The minimum absolute atomic E-state index is 0.0822. The molecule has 1 aliphatic rings. The zero-order valence-electron chi connectivity index (χ0n) is 20.1. The molecule has 0 atom stereocenters. The van der Waals surface area contributed by atoms with Gasteiger partial charge in [-0.2, -0.15) is 4.98 Å². The van der Waals surface area contributed by atoms with Gasteiger partial charge in [0.25, 0.3) is 5.69 Å². The maximum absolute atomic E-state index is 12.6. The Bertz CT molecular complexity index is 1200. The van der Waals surface area contributed by atoms with E-state index in [0.29, 0.717) is 29.5 Å². The lowest BCUT2D eigenvalue weighted by atomic mass is 10.2. The number of non-ortho nitro benzene ring substituents is 1. The van der Waals surface area contributed by atoms with E-state index in [-0.39, 0.29) is 18.3 Å². The number of nitro groups is 1. The molecule has 0 bridgehead atoms. The highest BCUT2D eigenvalue weighted by molar-refractivity contribution is 5.70. The molecule has 0 unspecified atom stereocenters. The number of nitro benzene ring substituents is 1. The molecule has 1 saturated heterocycles. The quantitative estimate of drug-likeness (QED) is 0.314. The van der Waals surface area contributed by atoms with Crippen molar-refractivity contribution < 1.29 is 18.8 Å². The van der Waals surface area contributed by atoms with Crippen LogP contribution in [-0.2, 0) is 0 Å². The molecule has 11 nitrogen and oxygen atoms in total. The molecule has 2 aromatic carbocycles. The highest BCUT2D eigenvalue weighted by Gasteiger charge is 2.18. The second kappa shape index (κ2) is 11.5. The van der Waals surface area contributed by atoms with Crippen molar-refractivity contribution >= 4 is 34.5 Å². The molecule has 0 radical (unpaired) electrons. The molecule has 36 heavy (non-hydrogen) atoms. The highest BCUT2D eigenvalue weighted by atomic mass is 19.1. The normalized spacial score (nSPS) is 13.8. The topological polar surface area (TPSA) is 118 Å². The number of piperazine rings is 1. The number of alkyl halides is 1. The van der Waals surface area contributed by atoms with Gasteiger partial charge >= 0.3 is 0 Å². The summed E-state index contributed by atoms with van der Waals surface area (Å²) in [7, 11) is 3.08. The molecule has 12 heteroatoms. The molecule has 1 aromatic heterocycles. The highest BCUT2D eigenvalue weighted by Crippen LogP contribution is 2.33. The first-order valence-electron chi connectivity index (χ1n) is 11.4. The Kier molecular flexibility index (Phi) is 7.95. The largest absolute Gasteiger partial charge is 0.495 e. The van der Waals surface area contributed by atoms with Gasteiger partial charge < -0.3 is 25.0 Å². The van der Waals surface area contributed by atoms with Crippen LogP contribution in [-0.4, -0.2) is 73.4 Å². The monoisotopic (exact) mass is 497 g/mol. The predicted octanol–water partition coefficient (Wildman–Crippen LogP) is 3.98. The van der Waals surface area contributed by atoms with Gasteiger partial charge in [-0.05, 0) is 24.3 Å². The number of methoxy groups -OCH3 is 2. The van der Waals surface area contributed by atoms with Gasteiger partial charge in [-0.15, -0.1) is 0 Å². The van der Waals surface area contributed by atoms with Gasteiger partial charge in [-0.3, -0.25) is 15.0 Å². The van der Waals surface area contributed by atoms with E-state index in [0.717, 1.165) is 37.6 Å². The number of hydrogen-bond acceptors (Lipinski definition) is 10. The predicted molar refractivity (Wildman–Crippen MR) is 136 cm³/mol. The first-order chi connectivity index (χ1) is 17.5. The summed E-state index contributed by atoms with van der Waals surface area (Å²) in [4.78, 5) is 23.7. The smallest absolute Gasteiger partial charge is 0.271 e. The Balaban J connectivity index is 1.49. The first kappa shape index (κ1) is 24.9. The van der Waals surface area contributed by atoms with E-state index in [2.05, 4.69) is 30.4 Å². The number of halogens is 1. The fourth-order valence-corrected chi connectivity index (χ4v) is 3.98. The molecule has 0 aliphatic carbocycles. The Morgan fingerprint density at radius 2 is 1.78 bits per heavy atom. The number of nitrogens with one attached hydrogen (secondary N) is 2. The average molecular weight is 498 g/mol. The van der Waals surface area contributed by atoms with Crippen molar-refractivity contribution in [3.05, 3.63) is 58.8 Å². The van der Waals surface area contributed by atoms with Crippen LogP contribution in [0.3, 0.4) is 0 Å². The van der Waals surface area contributed by atoms with E-state index in [1.165, 1.54) is 25.3 Å². The number of hydrogen-bond donors (Lipinski definition) is 2. The third-order valence-corrected chi connectivity index (χ3v) is 5.88. The van der Waals surface area contributed by atoms with Crippen LogP contribution in [0.15, 0.2) is 48.7 Å². The van der Waals surface area contributed by atoms with Crippen LogP contribution in [0.5, 0.6) is 11.5 Å². The first-order valence-corrected chi connectivity index (χ1v) is 11.4. The van der Waals surface area contributed by atoms with Gasteiger partial charge in [0.2, 0.25) is 5.95 Å². The molecule has 1 fully saturated rings. The summed E-state index contributed by atoms with van der Waals surface area (Å²) in [5.74, 6) is 1.81. The standard InChI is InChI=1S/C24H28FN7O4/c1-35-21-6-4-18(32(33)34)15-20(21)28-24-26-9-7-23(29-24)27-19-5-3-17(16-22(19)36-2)31-13-11-30(10-8-25)12-14-31/h3-7,9,15-16H,8,10-14H2,1-2H3,(H2,26,27,28,29). The summed E-state index contributed by atoms with van der Waals surface area (Å²) < 4.78 is 23.5. The molecule has 0 spiro atoms. The Hall–Kier alpha value is -4.19. The molecule has 2 N–H and O–H groups in total. The van der Waals surface area contributed by atoms with E-state index < -0.39 is 4.92 Å². The third-order valence-electron chi connectivity index (χ3n) is 5.88. The van der Waals surface area contributed by atoms with Crippen LogP contribution >= 0.6 is 0 Å². The van der Waals surface area contributed by atoms with Gasteiger partial charge in [-0.1, -0.05) is 0 Å². The minimum atomic E-state index is -0.483.